The molecule has 0 radical (unpaired) electrons. The summed E-state index contributed by atoms with van der Waals surface area (Å²) in [7, 11) is -2.62. The molecule has 5 N–H and O–H groups in total. The molecule has 5 rings (SSSR count). The first-order chi connectivity index (χ1) is 26.1. The van der Waals surface area contributed by atoms with Crippen molar-refractivity contribution in [2.45, 2.75) is 89.7 Å². The Balaban J connectivity index is 1.39. The predicted octanol–water partition coefficient (Wildman–Crippen LogP) is 6.46. The van der Waals surface area contributed by atoms with Gasteiger partial charge in [0.15, 0.2) is 0 Å². The summed E-state index contributed by atoms with van der Waals surface area (Å²) in [5.41, 5.74) is 2.11. The lowest BCUT2D eigenvalue weighted by Crippen LogP contribution is -2.56. The number of carbonyl (C=O) groups is 4. The maximum atomic E-state index is 14.3. The first-order valence-electron chi connectivity index (χ1n) is 18.8. The van der Waals surface area contributed by atoms with Gasteiger partial charge in [-0.2, -0.15) is 0 Å². The molecule has 5 atom stereocenters. The summed E-state index contributed by atoms with van der Waals surface area (Å²) in [4.78, 5) is 60.9. The van der Waals surface area contributed by atoms with E-state index in [1.165, 1.54) is 6.33 Å². The molecule has 1 heterocycles. The van der Waals surface area contributed by atoms with Crippen LogP contribution in [0.5, 0.6) is 0 Å². The molecule has 4 unspecified atom stereocenters. The molecule has 3 amide bonds. The minimum Gasteiger partial charge on any atom is -0.481 e. The molecule has 1 aliphatic rings. The van der Waals surface area contributed by atoms with Crippen molar-refractivity contribution < 1.29 is 33.6 Å². The van der Waals surface area contributed by atoms with Crippen molar-refractivity contribution in [2.75, 3.05) is 6.16 Å². The number of carboxylic acids is 1. The van der Waals surface area contributed by atoms with E-state index in [-0.39, 0.29) is 37.4 Å². The van der Waals surface area contributed by atoms with Gasteiger partial charge in [-0.05, 0) is 40.2 Å². The summed E-state index contributed by atoms with van der Waals surface area (Å²) < 4.78 is 19.5. The Kier molecular flexibility index (Phi) is 14.8. The topological polar surface area (TPSA) is 180 Å². The third kappa shape index (κ3) is 11.8. The lowest BCUT2D eigenvalue weighted by Gasteiger charge is -2.30. The summed E-state index contributed by atoms with van der Waals surface area (Å²) in [6, 6.07) is 20.4. The number of nitrogens with one attached hydrogen (secondary N) is 4. The molecule has 0 saturated heterocycles. The van der Waals surface area contributed by atoms with Gasteiger partial charge in [0.25, 0.3) is 0 Å². The van der Waals surface area contributed by atoms with Gasteiger partial charge in [-0.15, -0.1) is 0 Å². The molecular weight excluding hydrogens is 705 g/mol. The van der Waals surface area contributed by atoms with Crippen LogP contribution >= 0.6 is 7.80 Å². The Labute approximate surface area is 317 Å². The number of carboxylic acid groups (broad SMARTS) is 1. The fraction of sp³-hybridized carbons (Fsp3) is 0.439. The molecule has 1 aromatic heterocycles. The van der Waals surface area contributed by atoms with E-state index in [1.807, 2.05) is 72.8 Å². The molecule has 1 aliphatic carbocycles. The molecule has 288 valence electrons. The molecule has 12 nitrogen and oxygen atoms in total. The molecule has 54 heavy (non-hydrogen) atoms. The van der Waals surface area contributed by atoms with E-state index >= 15 is 0 Å². The van der Waals surface area contributed by atoms with Crippen LogP contribution in [-0.4, -0.2) is 63.0 Å². The monoisotopic (exact) mass is 757 g/mol. The zero-order valence-electron chi connectivity index (χ0n) is 31.0. The second-order valence-corrected chi connectivity index (χ2v) is 16.6. The van der Waals surface area contributed by atoms with Crippen molar-refractivity contribution in [1.82, 2.24) is 25.9 Å². The average Bonchev–Trinajstić information content (AvgIpc) is 3.69. The van der Waals surface area contributed by atoms with Gasteiger partial charge < -0.3 is 35.3 Å². The summed E-state index contributed by atoms with van der Waals surface area (Å²) >= 11 is 0. The van der Waals surface area contributed by atoms with Crippen LogP contribution in [0.3, 0.4) is 0 Å². The van der Waals surface area contributed by atoms with Crippen LogP contribution in [0, 0.1) is 17.8 Å². The van der Waals surface area contributed by atoms with Gasteiger partial charge in [0.2, 0.25) is 11.8 Å². The van der Waals surface area contributed by atoms with Crippen LogP contribution in [0.1, 0.15) is 69.2 Å². The Morgan fingerprint density at radius 1 is 0.870 bits per heavy atom. The first-order valence-corrected chi connectivity index (χ1v) is 20.5. The summed E-state index contributed by atoms with van der Waals surface area (Å²) in [6.45, 7) is 3.58. The number of nitrogens with zero attached hydrogens (tertiary/aromatic N) is 1. The van der Waals surface area contributed by atoms with E-state index in [0.717, 1.165) is 54.0 Å². The highest BCUT2D eigenvalue weighted by Gasteiger charge is 2.34. The lowest BCUT2D eigenvalue weighted by atomic mass is 9.87. The number of benzene rings is 3. The number of aromatic nitrogens is 2. The highest BCUT2D eigenvalue weighted by molar-refractivity contribution is 7.45. The van der Waals surface area contributed by atoms with Crippen molar-refractivity contribution in [2.24, 2.45) is 17.8 Å². The van der Waals surface area contributed by atoms with Crippen molar-refractivity contribution in [3.8, 4) is 0 Å². The number of hydrogen-bond donors (Lipinski definition) is 5. The molecule has 0 spiro atoms. The average molecular weight is 758 g/mol. The van der Waals surface area contributed by atoms with Gasteiger partial charge in [0.05, 0.1) is 31.5 Å². The SMILES string of the molecule is CC(C)C(C[PH](=O)C(CC1CCCCC1)NC(=O)[C@H](Cc1c[nH]cn1)NC(=O)C(Cc1cccc2ccccc12)NC(=O)OCc1ccccc1)C(=O)O. The zero-order chi connectivity index (χ0) is 38.5. The molecule has 3 aromatic carbocycles. The number of aromatic amines is 1. The third-order valence-corrected chi connectivity index (χ3v) is 12.3. The van der Waals surface area contributed by atoms with Crippen LogP contribution < -0.4 is 16.0 Å². The van der Waals surface area contributed by atoms with Gasteiger partial charge in [-0.1, -0.05) is 119 Å². The maximum Gasteiger partial charge on any atom is 0.408 e. The van der Waals surface area contributed by atoms with Gasteiger partial charge in [-0.3, -0.25) is 14.4 Å². The van der Waals surface area contributed by atoms with Crippen LogP contribution in [0.2, 0.25) is 0 Å². The largest absolute Gasteiger partial charge is 0.481 e. The molecule has 1 saturated carbocycles. The Hall–Kier alpha value is -4.96. The molecular formula is C41H52N5O7P. The fourth-order valence-corrected chi connectivity index (χ4v) is 9.43. The number of carbonyl (C=O) groups excluding carboxylic acids is 3. The van der Waals surface area contributed by atoms with E-state index in [4.69, 9.17) is 4.74 Å². The number of alkyl carbamates (subject to hydrolysis) is 1. The normalized spacial score (nSPS) is 16.1. The molecule has 1 fully saturated rings. The number of imidazole rings is 1. The zero-order valence-corrected chi connectivity index (χ0v) is 32.0. The van der Waals surface area contributed by atoms with E-state index in [9.17, 15) is 28.8 Å². The van der Waals surface area contributed by atoms with Crippen LogP contribution in [0.15, 0.2) is 85.3 Å². The second kappa shape index (κ2) is 19.9. The minimum absolute atomic E-state index is 0.000606. The van der Waals surface area contributed by atoms with E-state index in [2.05, 4.69) is 25.9 Å². The Morgan fingerprint density at radius 3 is 2.26 bits per heavy atom. The summed E-state index contributed by atoms with van der Waals surface area (Å²) in [6.07, 6.45) is 7.98. The van der Waals surface area contributed by atoms with Crippen LogP contribution in [0.4, 0.5) is 4.79 Å². The number of amides is 3. The van der Waals surface area contributed by atoms with Crippen LogP contribution in [-0.2, 0) is 43.1 Å². The number of fused-ring (bicyclic) bond motifs is 1. The summed E-state index contributed by atoms with van der Waals surface area (Å²) in [5.74, 6) is -3.74. The Bertz CT molecular complexity index is 1860. The lowest BCUT2D eigenvalue weighted by molar-refractivity contribution is -0.142. The minimum atomic E-state index is -2.62. The van der Waals surface area contributed by atoms with Crippen molar-refractivity contribution in [3.63, 3.8) is 0 Å². The standard InChI is InChI=1S/C41H52N5O7P/c1-27(2)34(40(49)50)25-54(52)37(20-28-12-5-3-6-13-28)46-39(48)36(22-32-23-42-26-43-32)44-38(47)35(45-41(51)53-24-29-14-7-4-8-15-29)21-31-18-11-17-30-16-9-10-19-33(30)31/h4,7-11,14-19,23,26-28,34-37,54H,3,5-6,12-13,20-22,24-25H2,1-2H3,(H,42,43)(H,44,47)(H,45,51)(H,46,48)(H,49,50)/t34?,35?,36-,37?/m0/s1. The molecule has 4 aromatic rings. The number of aliphatic carboxylic acids is 1. The molecule has 13 heteroatoms. The molecule has 0 aliphatic heterocycles. The number of H-pyrrole nitrogens is 1. The first kappa shape index (κ1) is 40.2. The van der Waals surface area contributed by atoms with Crippen molar-refractivity contribution in [1.29, 1.82) is 0 Å². The van der Waals surface area contributed by atoms with E-state index in [1.54, 1.807) is 20.0 Å². The van der Waals surface area contributed by atoms with Gasteiger partial charge in [0.1, 0.15) is 18.7 Å². The Morgan fingerprint density at radius 2 is 1.56 bits per heavy atom. The smallest absolute Gasteiger partial charge is 0.408 e. The van der Waals surface area contributed by atoms with Gasteiger partial charge >= 0.3 is 12.1 Å². The number of ether oxygens (including phenoxy) is 1. The second-order valence-electron chi connectivity index (χ2n) is 14.6. The van der Waals surface area contributed by atoms with Crippen molar-refractivity contribution in [3.05, 3.63) is 102 Å². The number of hydrogen-bond acceptors (Lipinski definition) is 7. The van der Waals surface area contributed by atoms with E-state index in [0.29, 0.717) is 12.1 Å². The highest BCUT2D eigenvalue weighted by atomic mass is 31.1. The van der Waals surface area contributed by atoms with Gasteiger partial charge in [-0.25, -0.2) is 9.78 Å². The predicted molar refractivity (Wildman–Crippen MR) is 208 cm³/mol. The highest BCUT2D eigenvalue weighted by Crippen LogP contribution is 2.38. The number of rotatable bonds is 18. The van der Waals surface area contributed by atoms with E-state index < -0.39 is 55.5 Å². The quantitative estimate of drug-likeness (QED) is 0.0718. The summed E-state index contributed by atoms with van der Waals surface area (Å²) in [5, 5.41) is 20.4. The molecule has 0 bridgehead atoms. The fourth-order valence-electron chi connectivity index (χ4n) is 7.17. The third-order valence-electron chi connectivity index (χ3n) is 10.3. The van der Waals surface area contributed by atoms with Crippen molar-refractivity contribution >= 4 is 42.5 Å². The van der Waals surface area contributed by atoms with Crippen LogP contribution in [0.25, 0.3) is 10.8 Å². The maximum absolute atomic E-state index is 14.3. The van der Waals surface area contributed by atoms with Gasteiger partial charge in [0, 0.05) is 25.2 Å².